The molecule has 0 saturated heterocycles. The third-order valence-corrected chi connectivity index (χ3v) is 15.0. The zero-order valence-corrected chi connectivity index (χ0v) is 42.4. The minimum absolute atomic E-state index is 0.00874. The Morgan fingerprint density at radius 2 is 0.915 bits per heavy atom. The van der Waals surface area contributed by atoms with Crippen molar-refractivity contribution in [3.8, 4) is 11.1 Å². The van der Waals surface area contributed by atoms with Gasteiger partial charge in [-0.25, -0.2) is 0 Å². The van der Waals surface area contributed by atoms with Crippen molar-refractivity contribution in [3.05, 3.63) is 217 Å². The van der Waals surface area contributed by atoms with Crippen LogP contribution in [0.1, 0.15) is 79.0 Å². The normalized spacial score (nSPS) is 13.3. The third-order valence-electron chi connectivity index (χ3n) is 15.0. The van der Waals surface area contributed by atoms with Crippen LogP contribution in [-0.4, -0.2) is 6.71 Å². The molecule has 0 bridgehead atoms. The van der Waals surface area contributed by atoms with E-state index in [2.05, 4.69) is 265 Å². The molecule has 12 rings (SSSR count). The number of nitrogens with zero attached hydrogens (tertiary/aromatic N) is 3. The van der Waals surface area contributed by atoms with Gasteiger partial charge in [0.2, 0.25) is 0 Å². The standard InChI is InChI=1S/C66H60BN3O/c1-64(2,3)46-26-24-43(25-27-46)53-33-35-58(55-23-17-16-22-54(53)55)68(51-30-28-47(29-31-51)65(4,5)6)52-32-34-56-60(40-52)70(50-20-14-11-15-21-50)62-39-48(66(7,8)9)38-61-63(62)67(56)57-36-44-41-71-42-45(44)37-59(57)69(61)49-18-12-10-13-19-49/h10-42H,1-9H3. The number of anilines is 9. The fourth-order valence-electron chi connectivity index (χ4n) is 11.1. The van der Waals surface area contributed by atoms with Gasteiger partial charge in [-0.15, -0.1) is 0 Å². The summed E-state index contributed by atoms with van der Waals surface area (Å²) in [6, 6.07) is 70.7. The van der Waals surface area contributed by atoms with E-state index >= 15 is 0 Å². The second-order valence-corrected chi connectivity index (χ2v) is 22.7. The zero-order chi connectivity index (χ0) is 49.0. The summed E-state index contributed by atoms with van der Waals surface area (Å²) in [7, 11) is 0. The molecule has 0 atom stereocenters. The first kappa shape index (κ1) is 44.5. The molecule has 2 aliphatic rings. The highest BCUT2D eigenvalue weighted by Crippen LogP contribution is 2.49. The van der Waals surface area contributed by atoms with Gasteiger partial charge in [-0.2, -0.15) is 0 Å². The molecule has 0 saturated carbocycles. The average Bonchev–Trinajstić information content (AvgIpc) is 3.83. The number of hydrogen-bond donors (Lipinski definition) is 0. The van der Waals surface area contributed by atoms with E-state index in [0.717, 1.165) is 44.9 Å². The lowest BCUT2D eigenvalue weighted by Gasteiger charge is -2.45. The molecular weight excluding hydrogens is 862 g/mol. The Morgan fingerprint density at radius 3 is 1.49 bits per heavy atom. The van der Waals surface area contributed by atoms with Crippen LogP contribution >= 0.6 is 0 Å². The van der Waals surface area contributed by atoms with Crippen molar-refractivity contribution >= 4 is 95.8 Å². The fourth-order valence-corrected chi connectivity index (χ4v) is 11.1. The summed E-state index contributed by atoms with van der Waals surface area (Å²) in [6.45, 7) is 20.6. The van der Waals surface area contributed by atoms with Gasteiger partial charge in [0.05, 0.1) is 18.2 Å². The van der Waals surface area contributed by atoms with Crippen LogP contribution in [0.4, 0.5) is 51.2 Å². The van der Waals surface area contributed by atoms with Gasteiger partial charge in [0.15, 0.2) is 0 Å². The van der Waals surface area contributed by atoms with E-state index in [1.807, 2.05) is 12.5 Å². The van der Waals surface area contributed by atoms with Gasteiger partial charge in [-0.3, -0.25) is 0 Å². The third kappa shape index (κ3) is 7.53. The Labute approximate surface area is 419 Å². The summed E-state index contributed by atoms with van der Waals surface area (Å²) in [5, 5.41) is 4.60. The van der Waals surface area contributed by atoms with E-state index in [4.69, 9.17) is 4.42 Å². The SMILES string of the molecule is CC(C)(C)c1ccc(-c2ccc(N(c3ccc(C(C)(C)C)cc3)c3ccc4c(c3)N(c3ccccc3)c3cc(C(C)(C)C)cc5c3B4c3cc4cocc4cc3N5c3ccccc3)c3ccccc23)cc1. The molecule has 71 heavy (non-hydrogen) atoms. The Bertz CT molecular complexity index is 3650. The van der Waals surface area contributed by atoms with Crippen LogP contribution in [0, 0.1) is 0 Å². The van der Waals surface area contributed by atoms with E-state index < -0.39 is 0 Å². The monoisotopic (exact) mass is 921 g/mol. The van der Waals surface area contributed by atoms with E-state index in [9.17, 15) is 0 Å². The highest BCUT2D eigenvalue weighted by Gasteiger charge is 2.44. The molecule has 5 heteroatoms. The minimum atomic E-state index is -0.138. The highest BCUT2D eigenvalue weighted by molar-refractivity contribution is 7.00. The van der Waals surface area contributed by atoms with Gasteiger partial charge in [0.25, 0.3) is 6.71 Å². The van der Waals surface area contributed by atoms with Crippen LogP contribution in [0.5, 0.6) is 0 Å². The van der Waals surface area contributed by atoms with Crippen LogP contribution in [0.3, 0.4) is 0 Å². The minimum Gasteiger partial charge on any atom is -0.471 e. The molecule has 9 aromatic carbocycles. The van der Waals surface area contributed by atoms with E-state index in [0.29, 0.717) is 0 Å². The van der Waals surface area contributed by atoms with Gasteiger partial charge in [0.1, 0.15) is 0 Å². The fraction of sp³-hybridized carbons (Fsp3) is 0.182. The molecular formula is C66H60BN3O. The Kier molecular flexibility index (Phi) is 10.3. The Balaban J connectivity index is 1.13. The average molecular weight is 922 g/mol. The number of hydrogen-bond acceptors (Lipinski definition) is 4. The van der Waals surface area contributed by atoms with Crippen molar-refractivity contribution in [3.63, 3.8) is 0 Å². The quantitative estimate of drug-likeness (QED) is 0.155. The summed E-state index contributed by atoms with van der Waals surface area (Å²) < 4.78 is 5.92. The molecule has 1 aromatic heterocycles. The summed E-state index contributed by atoms with van der Waals surface area (Å²) in [4.78, 5) is 7.51. The maximum absolute atomic E-state index is 5.92. The largest absolute Gasteiger partial charge is 0.471 e. The maximum Gasteiger partial charge on any atom is 0.252 e. The Hall–Kier alpha value is -7.76. The lowest BCUT2D eigenvalue weighted by atomic mass is 9.33. The molecule has 2 aliphatic heterocycles. The number of benzene rings is 9. The first-order valence-corrected chi connectivity index (χ1v) is 25.2. The second-order valence-electron chi connectivity index (χ2n) is 22.7. The van der Waals surface area contributed by atoms with Gasteiger partial charge in [-0.1, -0.05) is 178 Å². The summed E-state index contributed by atoms with van der Waals surface area (Å²) in [5.74, 6) is 0. The molecule has 0 fully saturated rings. The van der Waals surface area contributed by atoms with E-state index in [-0.39, 0.29) is 23.0 Å². The molecule has 0 amide bonds. The molecule has 4 nitrogen and oxygen atoms in total. The van der Waals surface area contributed by atoms with Gasteiger partial charge in [0, 0.05) is 61.7 Å². The topological polar surface area (TPSA) is 22.9 Å². The molecule has 3 heterocycles. The highest BCUT2D eigenvalue weighted by atomic mass is 16.3. The van der Waals surface area contributed by atoms with E-state index in [1.54, 1.807) is 0 Å². The molecule has 0 unspecified atom stereocenters. The predicted molar refractivity (Wildman–Crippen MR) is 304 cm³/mol. The lowest BCUT2D eigenvalue weighted by molar-refractivity contribution is 0.572. The molecule has 0 spiro atoms. The lowest BCUT2D eigenvalue weighted by Crippen LogP contribution is -2.61. The van der Waals surface area contributed by atoms with E-state index in [1.165, 1.54) is 72.0 Å². The summed E-state index contributed by atoms with van der Waals surface area (Å²) >= 11 is 0. The first-order chi connectivity index (χ1) is 34.1. The number of rotatable bonds is 6. The molecule has 0 aliphatic carbocycles. The molecule has 10 aromatic rings. The Morgan fingerprint density at radius 1 is 0.408 bits per heavy atom. The molecule has 0 radical (unpaired) electrons. The van der Waals surface area contributed by atoms with Crippen molar-refractivity contribution < 1.29 is 4.42 Å². The van der Waals surface area contributed by atoms with Crippen LogP contribution in [-0.2, 0) is 16.2 Å². The van der Waals surface area contributed by atoms with Crippen LogP contribution in [0.15, 0.2) is 205 Å². The predicted octanol–water partition coefficient (Wildman–Crippen LogP) is 16.7. The zero-order valence-electron chi connectivity index (χ0n) is 42.4. The molecule has 0 N–H and O–H groups in total. The van der Waals surface area contributed by atoms with Crippen molar-refractivity contribution in [2.24, 2.45) is 0 Å². The van der Waals surface area contributed by atoms with Crippen LogP contribution in [0.25, 0.3) is 32.7 Å². The van der Waals surface area contributed by atoms with Crippen molar-refractivity contribution in [1.29, 1.82) is 0 Å². The van der Waals surface area contributed by atoms with Gasteiger partial charge < -0.3 is 19.1 Å². The molecule has 348 valence electrons. The van der Waals surface area contributed by atoms with Crippen molar-refractivity contribution in [2.75, 3.05) is 14.7 Å². The smallest absolute Gasteiger partial charge is 0.252 e. The van der Waals surface area contributed by atoms with Gasteiger partial charge in [-0.05, 0) is 139 Å². The number of para-hydroxylation sites is 2. The second kappa shape index (κ2) is 16.4. The maximum atomic E-state index is 5.92. The summed E-state index contributed by atoms with van der Waals surface area (Å²) in [6.07, 6.45) is 3.77. The van der Waals surface area contributed by atoms with Crippen LogP contribution in [0.2, 0.25) is 0 Å². The number of fused-ring (bicyclic) bond motifs is 6. The first-order valence-electron chi connectivity index (χ1n) is 25.2. The summed E-state index contributed by atoms with van der Waals surface area (Å²) in [5.41, 5.74) is 20.4. The van der Waals surface area contributed by atoms with Crippen LogP contribution < -0.4 is 31.1 Å². The van der Waals surface area contributed by atoms with Crippen molar-refractivity contribution in [1.82, 2.24) is 0 Å². The number of furan rings is 1. The van der Waals surface area contributed by atoms with Gasteiger partial charge >= 0.3 is 0 Å². The van der Waals surface area contributed by atoms with Crippen molar-refractivity contribution in [2.45, 2.75) is 78.6 Å².